The van der Waals surface area contributed by atoms with Crippen LogP contribution in [0.3, 0.4) is 0 Å². The summed E-state index contributed by atoms with van der Waals surface area (Å²) in [6, 6.07) is 12.4. The van der Waals surface area contributed by atoms with Gasteiger partial charge in [0.25, 0.3) is 0 Å². The Bertz CT molecular complexity index is 1230. The zero-order valence-corrected chi connectivity index (χ0v) is 18.7. The molecule has 3 aromatic rings. The maximum Gasteiger partial charge on any atom is 0.226 e. The van der Waals surface area contributed by atoms with Gasteiger partial charge in [-0.1, -0.05) is 6.07 Å². The Labute approximate surface area is 191 Å². The summed E-state index contributed by atoms with van der Waals surface area (Å²) in [5.41, 5.74) is 3.25. The molecule has 170 valence electrons. The molecule has 5 rings (SSSR count). The third-order valence-electron chi connectivity index (χ3n) is 5.89. The van der Waals surface area contributed by atoms with Crippen molar-refractivity contribution in [2.45, 2.75) is 39.2 Å². The quantitative estimate of drug-likeness (QED) is 0.576. The molecule has 0 bridgehead atoms. The van der Waals surface area contributed by atoms with Crippen LogP contribution in [0.15, 0.2) is 53.7 Å². The highest BCUT2D eigenvalue weighted by molar-refractivity contribution is 5.99. The number of carbonyl (C=O) groups excluding carboxylic acids is 1. The van der Waals surface area contributed by atoms with Crippen LogP contribution in [0.2, 0.25) is 0 Å². The number of hydrogen-bond acceptors (Lipinski definition) is 7. The lowest BCUT2D eigenvalue weighted by atomic mass is 9.85. The van der Waals surface area contributed by atoms with E-state index in [0.29, 0.717) is 42.7 Å². The molecule has 1 unspecified atom stereocenters. The molecule has 1 atom stereocenters. The molecular weight excluding hydrogens is 420 g/mol. The van der Waals surface area contributed by atoms with Crippen molar-refractivity contribution in [1.82, 2.24) is 14.8 Å². The van der Waals surface area contributed by atoms with Crippen molar-refractivity contribution in [3.05, 3.63) is 59.3 Å². The number of hydrogen-bond donors (Lipinski definition) is 2. The lowest BCUT2D eigenvalue weighted by Crippen LogP contribution is -2.31. The number of ketones is 1. The van der Waals surface area contributed by atoms with E-state index in [1.807, 2.05) is 44.2 Å². The number of nitrogens with one attached hydrogen (secondary N) is 1. The number of benzene rings is 2. The Balaban J connectivity index is 1.61. The monoisotopic (exact) mass is 446 g/mol. The third-order valence-corrected chi connectivity index (χ3v) is 5.89. The normalized spacial score (nSPS) is 17.3. The lowest BCUT2D eigenvalue weighted by molar-refractivity contribution is -0.116. The van der Waals surface area contributed by atoms with E-state index in [1.165, 1.54) is 0 Å². The van der Waals surface area contributed by atoms with Crippen molar-refractivity contribution in [3.8, 4) is 28.6 Å². The Morgan fingerprint density at radius 3 is 2.64 bits per heavy atom. The Hall–Kier alpha value is -3.81. The average Bonchev–Trinajstić information content (AvgIpc) is 3.24. The van der Waals surface area contributed by atoms with Gasteiger partial charge < -0.3 is 19.9 Å². The molecule has 33 heavy (non-hydrogen) atoms. The van der Waals surface area contributed by atoms with E-state index in [-0.39, 0.29) is 11.5 Å². The molecule has 0 saturated carbocycles. The highest BCUT2D eigenvalue weighted by Crippen LogP contribution is 2.42. The van der Waals surface area contributed by atoms with Crippen LogP contribution in [0.4, 0.5) is 5.95 Å². The predicted molar refractivity (Wildman–Crippen MR) is 124 cm³/mol. The first-order valence-corrected chi connectivity index (χ1v) is 11.3. The number of ether oxygens (including phenoxy) is 2. The van der Waals surface area contributed by atoms with Gasteiger partial charge in [0, 0.05) is 23.3 Å². The molecule has 2 aromatic carbocycles. The van der Waals surface area contributed by atoms with Crippen molar-refractivity contribution in [1.29, 1.82) is 0 Å². The van der Waals surface area contributed by atoms with E-state index in [2.05, 4.69) is 5.32 Å². The van der Waals surface area contributed by atoms with Gasteiger partial charge in [-0.05, 0) is 68.7 Å². The molecule has 8 heteroatoms. The minimum Gasteiger partial charge on any atom is -0.504 e. The van der Waals surface area contributed by atoms with Gasteiger partial charge in [0.15, 0.2) is 23.1 Å². The standard InChI is InChI=1S/C25H26N4O4/c1-3-32-17-11-8-15(9-12-17)24-27-25-26-18-6-5-7-20(31)22(18)23(29(25)28-24)16-10-13-19(30)21(14-16)33-4-2/h8-14,23,30H,3-7H2,1-2H3,(H,26,27,28). The van der Waals surface area contributed by atoms with Gasteiger partial charge in [0.1, 0.15) is 11.8 Å². The van der Waals surface area contributed by atoms with Crippen LogP contribution in [0.25, 0.3) is 11.4 Å². The second-order valence-electron chi connectivity index (χ2n) is 8.02. The Kier molecular flexibility index (Phi) is 5.50. The molecule has 0 spiro atoms. The number of phenols is 1. The smallest absolute Gasteiger partial charge is 0.226 e. The van der Waals surface area contributed by atoms with Crippen LogP contribution >= 0.6 is 0 Å². The van der Waals surface area contributed by atoms with E-state index in [1.54, 1.807) is 16.8 Å². The van der Waals surface area contributed by atoms with E-state index in [4.69, 9.17) is 19.6 Å². The van der Waals surface area contributed by atoms with Gasteiger partial charge in [-0.3, -0.25) is 4.79 Å². The number of rotatable bonds is 6. The molecule has 0 saturated heterocycles. The summed E-state index contributed by atoms with van der Waals surface area (Å²) < 4.78 is 12.9. The predicted octanol–water partition coefficient (Wildman–Crippen LogP) is 4.47. The fraction of sp³-hybridized carbons (Fsp3) is 0.320. The number of carbonyl (C=O) groups is 1. The largest absolute Gasteiger partial charge is 0.504 e. The minimum absolute atomic E-state index is 0.0626. The molecule has 1 aliphatic heterocycles. The summed E-state index contributed by atoms with van der Waals surface area (Å²) in [7, 11) is 0. The zero-order valence-electron chi connectivity index (χ0n) is 18.7. The molecular formula is C25H26N4O4. The molecule has 2 N–H and O–H groups in total. The molecule has 0 radical (unpaired) electrons. The van der Waals surface area contributed by atoms with Crippen molar-refractivity contribution < 1.29 is 19.4 Å². The van der Waals surface area contributed by atoms with Crippen molar-refractivity contribution in [2.24, 2.45) is 0 Å². The van der Waals surface area contributed by atoms with E-state index >= 15 is 0 Å². The van der Waals surface area contributed by atoms with E-state index in [0.717, 1.165) is 35.4 Å². The van der Waals surface area contributed by atoms with Gasteiger partial charge in [-0.25, -0.2) is 4.68 Å². The van der Waals surface area contributed by atoms with E-state index in [9.17, 15) is 9.90 Å². The highest BCUT2D eigenvalue weighted by Gasteiger charge is 2.37. The minimum atomic E-state index is -0.451. The summed E-state index contributed by atoms with van der Waals surface area (Å²) in [5, 5.41) is 18.3. The fourth-order valence-electron chi connectivity index (χ4n) is 4.43. The number of fused-ring (bicyclic) bond motifs is 1. The number of allylic oxidation sites excluding steroid dienone is 2. The second kappa shape index (κ2) is 8.61. The first-order valence-electron chi connectivity index (χ1n) is 11.3. The Morgan fingerprint density at radius 2 is 1.88 bits per heavy atom. The number of aromatic nitrogens is 3. The number of Topliss-reactive ketones (excluding diaryl/α,β-unsaturated/α-hetero) is 1. The van der Waals surface area contributed by atoms with Crippen LogP contribution in [-0.4, -0.2) is 38.9 Å². The summed E-state index contributed by atoms with van der Waals surface area (Å²) in [5.74, 6) is 2.48. The number of nitrogens with zero attached hydrogens (tertiary/aromatic N) is 3. The molecule has 0 amide bonds. The molecule has 2 aliphatic rings. The molecule has 8 nitrogen and oxygen atoms in total. The first-order chi connectivity index (χ1) is 16.1. The summed E-state index contributed by atoms with van der Waals surface area (Å²) in [4.78, 5) is 17.8. The van der Waals surface area contributed by atoms with Crippen LogP contribution < -0.4 is 14.8 Å². The van der Waals surface area contributed by atoms with E-state index < -0.39 is 6.04 Å². The Morgan fingerprint density at radius 1 is 1.09 bits per heavy atom. The van der Waals surface area contributed by atoms with Gasteiger partial charge in [0.2, 0.25) is 5.95 Å². The van der Waals surface area contributed by atoms with Gasteiger partial charge >= 0.3 is 0 Å². The van der Waals surface area contributed by atoms with Gasteiger partial charge in [0.05, 0.1) is 13.2 Å². The number of aromatic hydroxyl groups is 1. The summed E-state index contributed by atoms with van der Waals surface area (Å²) >= 11 is 0. The summed E-state index contributed by atoms with van der Waals surface area (Å²) in [6.07, 6.45) is 2.08. The second-order valence-corrected chi connectivity index (χ2v) is 8.02. The maximum absolute atomic E-state index is 13.0. The lowest BCUT2D eigenvalue weighted by Gasteiger charge is -2.32. The number of anilines is 1. The zero-order chi connectivity index (χ0) is 22.9. The fourth-order valence-corrected chi connectivity index (χ4v) is 4.43. The van der Waals surface area contributed by atoms with Crippen molar-refractivity contribution >= 4 is 11.7 Å². The topological polar surface area (TPSA) is 98.5 Å². The van der Waals surface area contributed by atoms with Crippen molar-refractivity contribution in [3.63, 3.8) is 0 Å². The molecule has 0 fully saturated rings. The summed E-state index contributed by atoms with van der Waals surface area (Å²) in [6.45, 7) is 4.83. The van der Waals surface area contributed by atoms with Crippen LogP contribution in [0, 0.1) is 0 Å². The average molecular weight is 447 g/mol. The van der Waals surface area contributed by atoms with Crippen LogP contribution in [0.5, 0.6) is 17.2 Å². The number of phenolic OH excluding ortho intramolecular Hbond substituents is 1. The highest BCUT2D eigenvalue weighted by atomic mass is 16.5. The van der Waals surface area contributed by atoms with Gasteiger partial charge in [-0.2, -0.15) is 4.98 Å². The van der Waals surface area contributed by atoms with Crippen LogP contribution in [0.1, 0.15) is 44.7 Å². The van der Waals surface area contributed by atoms with Gasteiger partial charge in [-0.15, -0.1) is 5.10 Å². The molecule has 1 aliphatic carbocycles. The molecule has 1 aromatic heterocycles. The third kappa shape index (κ3) is 3.82. The van der Waals surface area contributed by atoms with Crippen LogP contribution in [-0.2, 0) is 4.79 Å². The molecule has 2 heterocycles. The van der Waals surface area contributed by atoms with Crippen molar-refractivity contribution in [2.75, 3.05) is 18.5 Å². The first kappa shape index (κ1) is 21.1. The SMILES string of the molecule is CCOc1ccc(-c2nc3n(n2)C(c2ccc(O)c(OCC)c2)C2=C(CCCC2=O)N3)cc1. The maximum atomic E-state index is 13.0.